The number of methoxy groups -OCH3 is 1. The van der Waals surface area contributed by atoms with E-state index in [0.717, 1.165) is 36.1 Å². The van der Waals surface area contributed by atoms with Crippen LogP contribution in [0.4, 0.5) is 0 Å². The Hall–Kier alpha value is -2.37. The largest absolute Gasteiger partial charge is 0.497 e. The van der Waals surface area contributed by atoms with Crippen LogP contribution in [-0.2, 0) is 11.4 Å². The second-order valence-electron chi connectivity index (χ2n) is 6.99. The number of ether oxygens (including phenoxy) is 1. The SMILES string of the molecule is COc1cccc(/C=N/OCc2ccc([C@H]3CC[C@](N)(CO)C3)cc2)c1. The second kappa shape index (κ2) is 8.34. The van der Waals surface area contributed by atoms with Gasteiger partial charge < -0.3 is 20.4 Å². The number of oxime groups is 1. The third-order valence-corrected chi connectivity index (χ3v) is 5.01. The van der Waals surface area contributed by atoms with Crippen molar-refractivity contribution < 1.29 is 14.7 Å². The topological polar surface area (TPSA) is 77.1 Å². The van der Waals surface area contributed by atoms with E-state index in [1.807, 2.05) is 24.3 Å². The lowest BCUT2D eigenvalue weighted by atomic mass is 9.93. The fourth-order valence-electron chi connectivity index (χ4n) is 3.40. The quantitative estimate of drug-likeness (QED) is 0.591. The van der Waals surface area contributed by atoms with E-state index in [4.69, 9.17) is 15.3 Å². The molecule has 3 rings (SSSR count). The van der Waals surface area contributed by atoms with Crippen LogP contribution < -0.4 is 10.5 Å². The molecular weight excluding hydrogens is 328 g/mol. The maximum Gasteiger partial charge on any atom is 0.142 e. The molecule has 1 saturated carbocycles. The average molecular weight is 354 g/mol. The fraction of sp³-hybridized carbons (Fsp3) is 0.381. The molecule has 26 heavy (non-hydrogen) atoms. The Kier molecular flexibility index (Phi) is 5.91. The van der Waals surface area contributed by atoms with Crippen molar-refractivity contribution in [1.29, 1.82) is 0 Å². The summed E-state index contributed by atoms with van der Waals surface area (Å²) in [5.41, 5.74) is 9.02. The zero-order valence-electron chi connectivity index (χ0n) is 15.1. The predicted molar refractivity (Wildman–Crippen MR) is 102 cm³/mol. The summed E-state index contributed by atoms with van der Waals surface area (Å²) in [6, 6.07) is 16.0. The van der Waals surface area contributed by atoms with Crippen LogP contribution in [0.1, 0.15) is 41.9 Å². The Morgan fingerprint density at radius 2 is 2.08 bits per heavy atom. The van der Waals surface area contributed by atoms with Crippen LogP contribution in [0.3, 0.4) is 0 Å². The first-order valence-corrected chi connectivity index (χ1v) is 8.90. The molecule has 0 unspecified atom stereocenters. The second-order valence-corrected chi connectivity index (χ2v) is 6.99. The van der Waals surface area contributed by atoms with Gasteiger partial charge in [-0.05, 0) is 54.0 Å². The van der Waals surface area contributed by atoms with E-state index in [2.05, 4.69) is 29.4 Å². The van der Waals surface area contributed by atoms with Gasteiger partial charge in [-0.2, -0.15) is 0 Å². The highest BCUT2D eigenvalue weighted by atomic mass is 16.6. The van der Waals surface area contributed by atoms with Gasteiger partial charge in [0.25, 0.3) is 0 Å². The fourth-order valence-corrected chi connectivity index (χ4v) is 3.40. The van der Waals surface area contributed by atoms with Crippen LogP contribution in [0.2, 0.25) is 0 Å². The zero-order valence-corrected chi connectivity index (χ0v) is 15.1. The van der Waals surface area contributed by atoms with Gasteiger partial charge in [0.2, 0.25) is 0 Å². The zero-order chi connectivity index (χ0) is 18.4. The molecule has 138 valence electrons. The number of aliphatic hydroxyl groups excluding tert-OH is 1. The minimum atomic E-state index is -0.415. The minimum Gasteiger partial charge on any atom is -0.497 e. The summed E-state index contributed by atoms with van der Waals surface area (Å²) in [4.78, 5) is 5.39. The molecule has 0 saturated heterocycles. The molecule has 0 bridgehead atoms. The molecule has 5 nitrogen and oxygen atoms in total. The van der Waals surface area contributed by atoms with Gasteiger partial charge in [-0.25, -0.2) is 0 Å². The molecule has 0 amide bonds. The molecule has 2 aromatic carbocycles. The van der Waals surface area contributed by atoms with E-state index in [1.165, 1.54) is 5.56 Å². The molecule has 5 heteroatoms. The van der Waals surface area contributed by atoms with Gasteiger partial charge in [-0.15, -0.1) is 0 Å². The molecule has 0 heterocycles. The van der Waals surface area contributed by atoms with Crippen molar-refractivity contribution in [2.45, 2.75) is 37.3 Å². The number of aliphatic hydroxyl groups is 1. The van der Waals surface area contributed by atoms with Crippen LogP contribution in [0.25, 0.3) is 0 Å². The highest BCUT2D eigenvalue weighted by Gasteiger charge is 2.35. The number of hydrogen-bond donors (Lipinski definition) is 2. The molecule has 0 spiro atoms. The van der Waals surface area contributed by atoms with Crippen molar-refractivity contribution in [2.75, 3.05) is 13.7 Å². The molecule has 1 fully saturated rings. The Morgan fingerprint density at radius 1 is 1.27 bits per heavy atom. The van der Waals surface area contributed by atoms with E-state index in [-0.39, 0.29) is 6.61 Å². The lowest BCUT2D eigenvalue weighted by molar-refractivity contribution is 0.132. The maximum atomic E-state index is 9.40. The molecule has 1 aliphatic rings. The number of rotatable bonds is 7. The third-order valence-electron chi connectivity index (χ3n) is 5.01. The number of nitrogens with two attached hydrogens (primary N) is 1. The van der Waals surface area contributed by atoms with Gasteiger partial charge in [-0.1, -0.05) is 41.6 Å². The number of nitrogens with zero attached hydrogens (tertiary/aromatic N) is 1. The summed E-state index contributed by atoms with van der Waals surface area (Å²) in [5, 5.41) is 13.4. The smallest absolute Gasteiger partial charge is 0.142 e. The molecule has 3 N–H and O–H groups in total. The van der Waals surface area contributed by atoms with Gasteiger partial charge in [-0.3, -0.25) is 0 Å². The maximum absolute atomic E-state index is 9.40. The molecule has 0 aliphatic heterocycles. The molecule has 2 aromatic rings. The van der Waals surface area contributed by atoms with Crippen LogP contribution in [0.5, 0.6) is 5.75 Å². The van der Waals surface area contributed by atoms with Gasteiger partial charge in [0.15, 0.2) is 0 Å². The summed E-state index contributed by atoms with van der Waals surface area (Å²) < 4.78 is 5.18. The van der Waals surface area contributed by atoms with Crippen molar-refractivity contribution in [2.24, 2.45) is 10.9 Å². The molecule has 0 aromatic heterocycles. The average Bonchev–Trinajstić information content (AvgIpc) is 3.09. The van der Waals surface area contributed by atoms with Crippen LogP contribution in [0, 0.1) is 0 Å². The summed E-state index contributed by atoms with van der Waals surface area (Å²) in [5.74, 6) is 1.22. The van der Waals surface area contributed by atoms with E-state index in [9.17, 15) is 5.11 Å². The minimum absolute atomic E-state index is 0.0563. The van der Waals surface area contributed by atoms with E-state index in [1.54, 1.807) is 13.3 Å². The summed E-state index contributed by atoms with van der Waals surface area (Å²) in [7, 11) is 1.64. The Morgan fingerprint density at radius 3 is 2.77 bits per heavy atom. The summed E-state index contributed by atoms with van der Waals surface area (Å²) >= 11 is 0. The Balaban J connectivity index is 1.51. The van der Waals surface area contributed by atoms with E-state index >= 15 is 0 Å². The third kappa shape index (κ3) is 4.62. The van der Waals surface area contributed by atoms with Gasteiger partial charge in [0.1, 0.15) is 12.4 Å². The predicted octanol–water partition coefficient (Wildman–Crippen LogP) is 3.20. The lowest BCUT2D eigenvalue weighted by Crippen LogP contribution is -2.40. The first-order chi connectivity index (χ1) is 12.6. The monoisotopic (exact) mass is 354 g/mol. The Bertz CT molecular complexity index is 745. The van der Waals surface area contributed by atoms with Crippen molar-refractivity contribution >= 4 is 6.21 Å². The molecule has 2 atom stereocenters. The first kappa shape index (κ1) is 18.4. The van der Waals surface area contributed by atoms with Gasteiger partial charge in [0, 0.05) is 5.54 Å². The van der Waals surface area contributed by atoms with Crippen molar-refractivity contribution in [3.63, 3.8) is 0 Å². The van der Waals surface area contributed by atoms with Crippen molar-refractivity contribution in [3.8, 4) is 5.75 Å². The molecular formula is C21H26N2O3. The van der Waals surface area contributed by atoms with Crippen LogP contribution >= 0.6 is 0 Å². The van der Waals surface area contributed by atoms with Crippen molar-refractivity contribution in [3.05, 3.63) is 65.2 Å². The van der Waals surface area contributed by atoms with Crippen LogP contribution in [-0.4, -0.2) is 30.6 Å². The number of benzene rings is 2. The van der Waals surface area contributed by atoms with Crippen LogP contribution in [0.15, 0.2) is 53.7 Å². The van der Waals surface area contributed by atoms with Gasteiger partial charge in [0.05, 0.1) is 19.9 Å². The van der Waals surface area contributed by atoms with Crippen molar-refractivity contribution in [1.82, 2.24) is 0 Å². The van der Waals surface area contributed by atoms with Gasteiger partial charge >= 0.3 is 0 Å². The first-order valence-electron chi connectivity index (χ1n) is 8.90. The lowest BCUT2D eigenvalue weighted by Gasteiger charge is -2.20. The summed E-state index contributed by atoms with van der Waals surface area (Å²) in [6.07, 6.45) is 4.41. The van der Waals surface area contributed by atoms with E-state index in [0.29, 0.717) is 12.5 Å². The number of hydrogen-bond acceptors (Lipinski definition) is 5. The summed E-state index contributed by atoms with van der Waals surface area (Å²) in [6.45, 7) is 0.476. The molecule has 0 radical (unpaired) electrons. The highest BCUT2D eigenvalue weighted by Crippen LogP contribution is 2.39. The standard InChI is InChI=1S/C21H26N2O3/c1-25-20-4-2-3-17(11-20)13-23-26-14-16-5-7-18(8-6-16)19-9-10-21(22,12-19)15-24/h2-8,11,13,19,24H,9-10,12,14-15,22H2,1H3/b23-13+/t19-,21+/m0/s1. The molecule has 1 aliphatic carbocycles. The highest BCUT2D eigenvalue weighted by molar-refractivity contribution is 5.79. The Labute approximate surface area is 154 Å². The normalized spacial score (nSPS) is 22.7. The van der Waals surface area contributed by atoms with E-state index < -0.39 is 5.54 Å².